The molecule has 2 rings (SSSR count). The molecular weight excluding hydrogens is 244 g/mol. The van der Waals surface area contributed by atoms with Crippen LogP contribution in [0.4, 0.5) is 10.5 Å². The average molecular weight is 258 g/mol. The first-order valence-electron chi connectivity index (χ1n) is 5.64. The largest absolute Gasteiger partial charge is 0.495 e. The summed E-state index contributed by atoms with van der Waals surface area (Å²) in [6.07, 6.45) is -1.25. The Morgan fingerprint density at radius 2 is 1.84 bits per heavy atom. The van der Waals surface area contributed by atoms with Crippen molar-refractivity contribution in [2.75, 3.05) is 12.1 Å². The van der Waals surface area contributed by atoms with E-state index in [9.17, 15) is 4.79 Å². The molecule has 0 aliphatic heterocycles. The Bertz CT molecular complexity index is 584. The minimum Gasteiger partial charge on any atom is -0.495 e. The summed E-state index contributed by atoms with van der Waals surface area (Å²) < 4.78 is 5.12. The van der Waals surface area contributed by atoms with Crippen LogP contribution < -0.4 is 15.6 Å². The molecule has 5 nitrogen and oxygen atoms in total. The van der Waals surface area contributed by atoms with Gasteiger partial charge in [0.25, 0.3) is 0 Å². The lowest BCUT2D eigenvalue weighted by Gasteiger charge is -2.17. The van der Waals surface area contributed by atoms with Crippen LogP contribution >= 0.6 is 0 Å². The molecule has 19 heavy (non-hydrogen) atoms. The van der Waals surface area contributed by atoms with Gasteiger partial charge in [-0.3, -0.25) is 0 Å². The number of benzene rings is 2. The SMILES string of the molecule is COc1ccc(-c2ccccc2)cc1N(N)C(=O)O. The van der Waals surface area contributed by atoms with Crippen LogP contribution in [0.15, 0.2) is 48.5 Å². The van der Waals surface area contributed by atoms with Gasteiger partial charge in [0.1, 0.15) is 11.4 Å². The summed E-state index contributed by atoms with van der Waals surface area (Å²) in [5.41, 5.74) is 2.15. The number of hydrogen-bond acceptors (Lipinski definition) is 3. The van der Waals surface area contributed by atoms with Crippen molar-refractivity contribution < 1.29 is 14.6 Å². The van der Waals surface area contributed by atoms with Crippen molar-refractivity contribution in [3.63, 3.8) is 0 Å². The summed E-state index contributed by atoms with van der Waals surface area (Å²) in [6, 6.07) is 14.9. The first-order valence-corrected chi connectivity index (χ1v) is 5.64. The zero-order valence-corrected chi connectivity index (χ0v) is 10.4. The van der Waals surface area contributed by atoms with Crippen LogP contribution in [0, 0.1) is 0 Å². The van der Waals surface area contributed by atoms with Crippen LogP contribution in [-0.2, 0) is 0 Å². The summed E-state index contributed by atoms with van der Waals surface area (Å²) >= 11 is 0. The minimum absolute atomic E-state index is 0.302. The summed E-state index contributed by atoms with van der Waals surface area (Å²) in [6.45, 7) is 0. The van der Waals surface area contributed by atoms with Gasteiger partial charge >= 0.3 is 6.09 Å². The Labute approximate surface area is 110 Å². The van der Waals surface area contributed by atoms with Crippen LogP contribution in [0.2, 0.25) is 0 Å². The van der Waals surface area contributed by atoms with Gasteiger partial charge in [-0.05, 0) is 23.3 Å². The Balaban J connectivity index is 2.50. The van der Waals surface area contributed by atoms with Gasteiger partial charge in [-0.15, -0.1) is 0 Å². The average Bonchev–Trinajstić information content (AvgIpc) is 2.46. The fourth-order valence-corrected chi connectivity index (χ4v) is 1.79. The predicted molar refractivity (Wildman–Crippen MR) is 73.1 cm³/mol. The number of carbonyl (C=O) groups is 1. The fourth-order valence-electron chi connectivity index (χ4n) is 1.79. The zero-order valence-electron chi connectivity index (χ0n) is 10.4. The number of carboxylic acid groups (broad SMARTS) is 1. The Kier molecular flexibility index (Phi) is 3.68. The molecule has 98 valence electrons. The number of ether oxygens (including phenoxy) is 1. The lowest BCUT2D eigenvalue weighted by molar-refractivity contribution is 0.201. The third-order valence-electron chi connectivity index (χ3n) is 2.75. The molecule has 0 aliphatic rings. The molecule has 1 amide bonds. The third kappa shape index (κ3) is 2.66. The number of nitrogens with zero attached hydrogens (tertiary/aromatic N) is 1. The van der Waals surface area contributed by atoms with Gasteiger partial charge in [0.2, 0.25) is 0 Å². The molecule has 0 saturated heterocycles. The summed E-state index contributed by atoms with van der Waals surface area (Å²) in [5.74, 6) is 5.92. The predicted octanol–water partition coefficient (Wildman–Crippen LogP) is 2.72. The summed E-state index contributed by atoms with van der Waals surface area (Å²) in [7, 11) is 1.47. The maximum absolute atomic E-state index is 11.0. The van der Waals surface area contributed by atoms with Crippen molar-refractivity contribution >= 4 is 11.8 Å². The first-order chi connectivity index (χ1) is 9.13. The van der Waals surface area contributed by atoms with E-state index in [2.05, 4.69) is 0 Å². The number of nitrogens with two attached hydrogens (primary N) is 1. The van der Waals surface area contributed by atoms with E-state index in [0.717, 1.165) is 11.1 Å². The normalized spacial score (nSPS) is 10.0. The van der Waals surface area contributed by atoms with Crippen molar-refractivity contribution in [1.82, 2.24) is 0 Å². The highest BCUT2D eigenvalue weighted by Gasteiger charge is 2.15. The third-order valence-corrected chi connectivity index (χ3v) is 2.75. The van der Waals surface area contributed by atoms with Gasteiger partial charge < -0.3 is 9.84 Å². The molecule has 5 heteroatoms. The van der Waals surface area contributed by atoms with E-state index in [1.807, 2.05) is 36.4 Å². The molecule has 2 aromatic carbocycles. The van der Waals surface area contributed by atoms with E-state index in [1.54, 1.807) is 12.1 Å². The molecule has 0 aliphatic carbocycles. The molecule has 0 atom stereocenters. The minimum atomic E-state index is -1.25. The highest BCUT2D eigenvalue weighted by molar-refractivity contribution is 5.88. The molecule has 0 bridgehead atoms. The second-order valence-corrected chi connectivity index (χ2v) is 3.91. The van der Waals surface area contributed by atoms with Crippen LogP contribution in [0.25, 0.3) is 11.1 Å². The molecule has 0 saturated carbocycles. The smallest absolute Gasteiger partial charge is 0.426 e. The van der Waals surface area contributed by atoms with E-state index < -0.39 is 6.09 Å². The van der Waals surface area contributed by atoms with Crippen molar-refractivity contribution in [1.29, 1.82) is 0 Å². The lowest BCUT2D eigenvalue weighted by atomic mass is 10.0. The summed E-state index contributed by atoms with van der Waals surface area (Å²) in [4.78, 5) is 11.0. The van der Waals surface area contributed by atoms with Crippen LogP contribution in [-0.4, -0.2) is 18.3 Å². The monoisotopic (exact) mass is 258 g/mol. The second kappa shape index (κ2) is 5.41. The second-order valence-electron chi connectivity index (χ2n) is 3.91. The highest BCUT2D eigenvalue weighted by atomic mass is 16.5. The topological polar surface area (TPSA) is 75.8 Å². The molecule has 0 aromatic heterocycles. The quantitative estimate of drug-likeness (QED) is 0.504. The fraction of sp³-hybridized carbons (Fsp3) is 0.0714. The summed E-state index contributed by atoms with van der Waals surface area (Å²) in [5, 5.41) is 9.61. The molecule has 0 radical (unpaired) electrons. The lowest BCUT2D eigenvalue weighted by Crippen LogP contribution is -2.36. The van der Waals surface area contributed by atoms with E-state index in [1.165, 1.54) is 7.11 Å². The van der Waals surface area contributed by atoms with Crippen molar-refractivity contribution in [3.05, 3.63) is 48.5 Å². The first kappa shape index (κ1) is 12.9. The van der Waals surface area contributed by atoms with Crippen molar-refractivity contribution in [3.8, 4) is 16.9 Å². The maximum atomic E-state index is 11.0. The standard InChI is InChI=1S/C14H14N2O3/c1-19-13-8-7-11(10-5-3-2-4-6-10)9-12(13)16(15)14(17)18/h2-9H,15H2,1H3,(H,17,18). The number of hydrogen-bond donors (Lipinski definition) is 2. The van der Waals surface area contributed by atoms with Gasteiger partial charge in [-0.2, -0.15) is 0 Å². The van der Waals surface area contributed by atoms with Crippen LogP contribution in [0.5, 0.6) is 5.75 Å². The number of methoxy groups -OCH3 is 1. The molecule has 0 fully saturated rings. The number of rotatable bonds is 3. The number of amides is 1. The van der Waals surface area contributed by atoms with Crippen LogP contribution in [0.3, 0.4) is 0 Å². The molecule has 2 aromatic rings. The zero-order chi connectivity index (χ0) is 13.8. The van der Waals surface area contributed by atoms with Gasteiger partial charge in [0.15, 0.2) is 0 Å². The molecule has 0 unspecified atom stereocenters. The highest BCUT2D eigenvalue weighted by Crippen LogP contribution is 2.32. The van der Waals surface area contributed by atoms with Crippen LogP contribution in [0.1, 0.15) is 0 Å². The van der Waals surface area contributed by atoms with Gasteiger partial charge in [-0.25, -0.2) is 15.6 Å². The van der Waals surface area contributed by atoms with Crippen molar-refractivity contribution in [2.24, 2.45) is 5.84 Å². The Hall–Kier alpha value is -2.53. The Morgan fingerprint density at radius 1 is 1.16 bits per heavy atom. The van der Waals surface area contributed by atoms with Gasteiger partial charge in [-0.1, -0.05) is 36.4 Å². The molecule has 0 spiro atoms. The van der Waals surface area contributed by atoms with E-state index in [-0.39, 0.29) is 0 Å². The molecule has 0 heterocycles. The maximum Gasteiger partial charge on any atom is 0.426 e. The van der Waals surface area contributed by atoms with Crippen molar-refractivity contribution in [2.45, 2.75) is 0 Å². The van der Waals surface area contributed by atoms with E-state index >= 15 is 0 Å². The Morgan fingerprint density at radius 3 is 2.42 bits per heavy atom. The number of hydrazine groups is 1. The molecular formula is C14H14N2O3. The van der Waals surface area contributed by atoms with Gasteiger partial charge in [0.05, 0.1) is 7.11 Å². The van der Waals surface area contributed by atoms with Gasteiger partial charge in [0, 0.05) is 0 Å². The number of anilines is 1. The van der Waals surface area contributed by atoms with E-state index in [4.69, 9.17) is 15.7 Å². The van der Waals surface area contributed by atoms with E-state index in [0.29, 0.717) is 16.4 Å². The molecule has 3 N–H and O–H groups in total.